The fourth-order valence-electron chi connectivity index (χ4n) is 1.62. The summed E-state index contributed by atoms with van der Waals surface area (Å²) in [5.74, 6) is 0.997. The summed E-state index contributed by atoms with van der Waals surface area (Å²) in [5, 5.41) is 2.69. The van der Waals surface area contributed by atoms with E-state index in [1.54, 1.807) is 20.3 Å². The highest BCUT2D eigenvalue weighted by atomic mass is 16.6. The number of nitrogens with one attached hydrogen (secondary N) is 1. The van der Waals surface area contributed by atoms with Crippen molar-refractivity contribution >= 4 is 12.2 Å². The van der Waals surface area contributed by atoms with Crippen molar-refractivity contribution in [3.8, 4) is 11.8 Å². The third kappa shape index (κ3) is 6.47. The van der Waals surface area contributed by atoms with Crippen molar-refractivity contribution in [2.75, 3.05) is 20.8 Å². The monoisotopic (exact) mass is 308 g/mol. The van der Waals surface area contributed by atoms with Gasteiger partial charge < -0.3 is 19.5 Å². The molecule has 1 heterocycles. The number of alkyl carbamates (subject to hydrolysis) is 1. The molecule has 0 aliphatic carbocycles. The lowest BCUT2D eigenvalue weighted by Crippen LogP contribution is -2.32. The Morgan fingerprint density at radius 3 is 2.59 bits per heavy atom. The van der Waals surface area contributed by atoms with E-state index in [4.69, 9.17) is 14.2 Å². The van der Waals surface area contributed by atoms with Crippen LogP contribution in [-0.2, 0) is 4.74 Å². The van der Waals surface area contributed by atoms with E-state index in [0.717, 1.165) is 5.56 Å². The van der Waals surface area contributed by atoms with Crippen molar-refractivity contribution in [1.82, 2.24) is 10.3 Å². The first-order chi connectivity index (χ1) is 10.4. The number of nitrogens with zero attached hydrogens (tertiary/aromatic N) is 1. The van der Waals surface area contributed by atoms with Gasteiger partial charge in [-0.3, -0.25) is 0 Å². The molecule has 1 rings (SSSR count). The van der Waals surface area contributed by atoms with Gasteiger partial charge in [0.1, 0.15) is 5.60 Å². The molecule has 0 aliphatic rings. The summed E-state index contributed by atoms with van der Waals surface area (Å²) in [6, 6.07) is 3.63. The van der Waals surface area contributed by atoms with Crippen LogP contribution in [0.15, 0.2) is 18.2 Å². The predicted octanol–water partition coefficient (Wildman–Crippen LogP) is 3.03. The number of rotatable bonds is 6. The van der Waals surface area contributed by atoms with Crippen LogP contribution >= 0.6 is 0 Å². The number of aromatic nitrogens is 1. The number of hydrogen-bond donors (Lipinski definition) is 1. The summed E-state index contributed by atoms with van der Waals surface area (Å²) < 4.78 is 15.4. The Morgan fingerprint density at radius 2 is 2.00 bits per heavy atom. The fraction of sp³-hybridized carbons (Fsp3) is 0.500. The van der Waals surface area contributed by atoms with E-state index in [9.17, 15) is 4.79 Å². The number of amides is 1. The molecule has 0 saturated carbocycles. The topological polar surface area (TPSA) is 69.7 Å². The van der Waals surface area contributed by atoms with Crippen LogP contribution in [0.25, 0.3) is 6.08 Å². The average Bonchev–Trinajstić information content (AvgIpc) is 2.45. The van der Waals surface area contributed by atoms with Gasteiger partial charge in [0.05, 0.1) is 14.2 Å². The molecule has 1 amide bonds. The predicted molar refractivity (Wildman–Crippen MR) is 85.2 cm³/mol. The van der Waals surface area contributed by atoms with Gasteiger partial charge in [-0.05, 0) is 33.3 Å². The molecule has 0 atom stereocenters. The van der Waals surface area contributed by atoms with Gasteiger partial charge in [0.15, 0.2) is 0 Å². The molecule has 0 fully saturated rings. The molecule has 0 saturated heterocycles. The highest BCUT2D eigenvalue weighted by Gasteiger charge is 2.15. The minimum Gasteiger partial charge on any atom is -0.481 e. The average molecular weight is 308 g/mol. The summed E-state index contributed by atoms with van der Waals surface area (Å²) >= 11 is 0. The molecule has 0 bridgehead atoms. The van der Waals surface area contributed by atoms with Crippen LogP contribution in [0.1, 0.15) is 32.8 Å². The SMILES string of the molecule is COc1ccc(C=CCCNC(=O)OC(C)(C)C)c(OC)n1. The maximum absolute atomic E-state index is 11.5. The fourth-order valence-corrected chi connectivity index (χ4v) is 1.62. The van der Waals surface area contributed by atoms with Crippen molar-refractivity contribution in [2.24, 2.45) is 0 Å². The molecule has 0 spiro atoms. The summed E-state index contributed by atoms with van der Waals surface area (Å²) in [5.41, 5.74) is 0.364. The van der Waals surface area contributed by atoms with Gasteiger partial charge in [0.25, 0.3) is 0 Å². The summed E-state index contributed by atoms with van der Waals surface area (Å²) in [6.07, 6.45) is 4.09. The summed E-state index contributed by atoms with van der Waals surface area (Å²) in [4.78, 5) is 15.7. The third-order valence-corrected chi connectivity index (χ3v) is 2.54. The van der Waals surface area contributed by atoms with Gasteiger partial charge >= 0.3 is 6.09 Å². The normalized spacial score (nSPS) is 11.3. The number of carbonyl (C=O) groups is 1. The lowest BCUT2D eigenvalue weighted by molar-refractivity contribution is 0.0529. The van der Waals surface area contributed by atoms with Crippen LogP contribution in [-0.4, -0.2) is 37.4 Å². The van der Waals surface area contributed by atoms with E-state index < -0.39 is 11.7 Å². The van der Waals surface area contributed by atoms with Gasteiger partial charge in [-0.2, -0.15) is 4.98 Å². The zero-order valence-corrected chi connectivity index (χ0v) is 13.8. The Morgan fingerprint density at radius 1 is 1.27 bits per heavy atom. The molecule has 22 heavy (non-hydrogen) atoms. The Bertz CT molecular complexity index is 521. The van der Waals surface area contributed by atoms with Crippen LogP contribution in [0, 0.1) is 0 Å². The minimum absolute atomic E-state index is 0.412. The smallest absolute Gasteiger partial charge is 0.407 e. The van der Waals surface area contributed by atoms with Crippen molar-refractivity contribution in [3.05, 3.63) is 23.8 Å². The van der Waals surface area contributed by atoms with Crippen LogP contribution in [0.2, 0.25) is 0 Å². The molecule has 0 radical (unpaired) electrons. The first-order valence-corrected chi connectivity index (χ1v) is 7.08. The second kappa shape index (κ2) is 8.26. The third-order valence-electron chi connectivity index (χ3n) is 2.54. The molecule has 1 aromatic rings. The maximum Gasteiger partial charge on any atom is 0.407 e. The molecule has 1 aromatic heterocycles. The Balaban J connectivity index is 2.45. The molecule has 6 heteroatoms. The molecule has 6 nitrogen and oxygen atoms in total. The van der Waals surface area contributed by atoms with Gasteiger partial charge in [-0.1, -0.05) is 12.2 Å². The summed E-state index contributed by atoms with van der Waals surface area (Å²) in [7, 11) is 3.11. The number of methoxy groups -OCH3 is 2. The Labute approximate surface area is 131 Å². The highest BCUT2D eigenvalue weighted by molar-refractivity contribution is 5.67. The highest BCUT2D eigenvalue weighted by Crippen LogP contribution is 2.20. The first kappa shape index (κ1) is 17.8. The molecule has 0 unspecified atom stereocenters. The van der Waals surface area contributed by atoms with E-state index in [1.165, 1.54) is 0 Å². The van der Waals surface area contributed by atoms with Crippen LogP contribution in [0.4, 0.5) is 4.79 Å². The lowest BCUT2D eigenvalue weighted by Gasteiger charge is -2.19. The zero-order valence-electron chi connectivity index (χ0n) is 13.8. The van der Waals surface area contributed by atoms with E-state index in [0.29, 0.717) is 24.7 Å². The number of hydrogen-bond acceptors (Lipinski definition) is 5. The van der Waals surface area contributed by atoms with E-state index in [-0.39, 0.29) is 0 Å². The Kier molecular flexibility index (Phi) is 6.69. The van der Waals surface area contributed by atoms with E-state index >= 15 is 0 Å². The van der Waals surface area contributed by atoms with Crippen molar-refractivity contribution in [2.45, 2.75) is 32.8 Å². The van der Waals surface area contributed by atoms with Gasteiger partial charge in [-0.25, -0.2) is 4.79 Å². The van der Waals surface area contributed by atoms with Gasteiger partial charge in [0, 0.05) is 18.2 Å². The molecular weight excluding hydrogens is 284 g/mol. The second-order valence-corrected chi connectivity index (χ2v) is 5.57. The van der Waals surface area contributed by atoms with E-state index in [2.05, 4.69) is 10.3 Å². The van der Waals surface area contributed by atoms with Gasteiger partial charge in [0.2, 0.25) is 11.8 Å². The number of ether oxygens (including phenoxy) is 3. The van der Waals surface area contributed by atoms with Gasteiger partial charge in [-0.15, -0.1) is 0 Å². The largest absolute Gasteiger partial charge is 0.481 e. The maximum atomic E-state index is 11.5. The van der Waals surface area contributed by atoms with Crippen LogP contribution < -0.4 is 14.8 Å². The number of pyridine rings is 1. The first-order valence-electron chi connectivity index (χ1n) is 7.08. The molecule has 122 valence electrons. The van der Waals surface area contributed by atoms with Crippen molar-refractivity contribution in [1.29, 1.82) is 0 Å². The molecule has 0 aliphatic heterocycles. The van der Waals surface area contributed by atoms with Crippen LogP contribution in [0.5, 0.6) is 11.8 Å². The Hall–Kier alpha value is -2.24. The van der Waals surface area contributed by atoms with Crippen molar-refractivity contribution < 1.29 is 19.0 Å². The molecule has 0 aromatic carbocycles. The molecular formula is C16H24N2O4. The lowest BCUT2D eigenvalue weighted by atomic mass is 10.2. The number of carbonyl (C=O) groups excluding carboxylic acids is 1. The quantitative estimate of drug-likeness (QED) is 0.818. The second-order valence-electron chi connectivity index (χ2n) is 5.57. The minimum atomic E-state index is -0.484. The summed E-state index contributed by atoms with van der Waals surface area (Å²) in [6.45, 7) is 5.98. The van der Waals surface area contributed by atoms with Crippen molar-refractivity contribution in [3.63, 3.8) is 0 Å². The standard InChI is InChI=1S/C16H24N2O4/c1-16(2,3)22-15(19)17-11-7-6-8-12-9-10-13(20-4)18-14(12)21-5/h6,8-10H,7,11H2,1-5H3,(H,17,19). The van der Waals surface area contributed by atoms with Crippen LogP contribution in [0.3, 0.4) is 0 Å². The molecule has 1 N–H and O–H groups in total. The van der Waals surface area contributed by atoms with E-state index in [1.807, 2.05) is 39.0 Å². The zero-order chi connectivity index (χ0) is 16.6.